The van der Waals surface area contributed by atoms with E-state index in [1.54, 1.807) is 18.3 Å². The number of carbonyl (C=O) groups excluding carboxylic acids is 2. The molecule has 0 spiro atoms. The largest absolute Gasteiger partial charge is 0.348 e. The summed E-state index contributed by atoms with van der Waals surface area (Å²) < 4.78 is 0. The number of nitrogens with zero attached hydrogens (tertiary/aromatic N) is 3. The predicted molar refractivity (Wildman–Crippen MR) is 88.7 cm³/mol. The van der Waals surface area contributed by atoms with Crippen molar-refractivity contribution in [3.05, 3.63) is 40.1 Å². The third kappa shape index (κ3) is 3.86. The first-order valence-electron chi connectivity index (χ1n) is 7.74. The molecule has 3 heterocycles. The van der Waals surface area contributed by atoms with Crippen LogP contribution in [0.25, 0.3) is 0 Å². The van der Waals surface area contributed by atoms with E-state index in [0.29, 0.717) is 16.3 Å². The van der Waals surface area contributed by atoms with Crippen LogP contribution >= 0.6 is 11.3 Å². The number of H-pyrrole nitrogens is 1. The molecule has 1 aliphatic heterocycles. The minimum atomic E-state index is 0.00883. The second-order valence-corrected chi connectivity index (χ2v) is 6.76. The highest BCUT2D eigenvalue weighted by Gasteiger charge is 2.22. The molecule has 1 aliphatic rings. The van der Waals surface area contributed by atoms with Crippen LogP contribution in [0.5, 0.6) is 0 Å². The van der Waals surface area contributed by atoms with Gasteiger partial charge in [-0.3, -0.25) is 14.5 Å². The van der Waals surface area contributed by atoms with E-state index < -0.39 is 0 Å². The van der Waals surface area contributed by atoms with Crippen LogP contribution < -0.4 is 0 Å². The van der Waals surface area contributed by atoms with Gasteiger partial charge in [0.05, 0.1) is 16.3 Å². The van der Waals surface area contributed by atoms with Crippen molar-refractivity contribution in [3.63, 3.8) is 0 Å². The first kappa shape index (κ1) is 15.9. The molecule has 0 atom stereocenters. The quantitative estimate of drug-likeness (QED) is 0.870. The van der Waals surface area contributed by atoms with Gasteiger partial charge in [0.1, 0.15) is 5.82 Å². The minimum absolute atomic E-state index is 0.00883. The van der Waals surface area contributed by atoms with E-state index in [1.807, 2.05) is 11.1 Å². The summed E-state index contributed by atoms with van der Waals surface area (Å²) in [7, 11) is 0. The third-order valence-corrected chi connectivity index (χ3v) is 5.14. The van der Waals surface area contributed by atoms with Crippen molar-refractivity contribution >= 4 is 23.0 Å². The number of nitrogens with one attached hydrogen (secondary N) is 1. The number of hydrogen-bond donors (Lipinski definition) is 1. The number of carbonyl (C=O) groups is 2. The van der Waals surface area contributed by atoms with E-state index >= 15 is 0 Å². The SMILES string of the molecule is CC(=O)c1ccc(C(=O)N2CCCN(Cc3ncc[nH]3)CC2)s1. The number of rotatable bonds is 4. The van der Waals surface area contributed by atoms with Crippen LogP contribution in [0.1, 0.15) is 38.5 Å². The van der Waals surface area contributed by atoms with Gasteiger partial charge >= 0.3 is 0 Å². The number of hydrogen-bond acceptors (Lipinski definition) is 5. The Morgan fingerprint density at radius 1 is 1.22 bits per heavy atom. The standard InChI is InChI=1S/C16H20N4O2S/c1-12(21)13-3-4-14(23-13)16(22)20-8-2-7-19(9-10-20)11-15-17-5-6-18-15/h3-6H,2,7-11H2,1H3,(H,17,18). The molecule has 0 bridgehead atoms. The number of aromatic amines is 1. The Balaban J connectivity index is 1.60. The van der Waals surface area contributed by atoms with Crippen LogP contribution in [-0.4, -0.2) is 57.6 Å². The van der Waals surface area contributed by atoms with Crippen molar-refractivity contribution in [2.24, 2.45) is 0 Å². The molecular formula is C16H20N4O2S. The van der Waals surface area contributed by atoms with Gasteiger partial charge in [0.15, 0.2) is 5.78 Å². The first-order chi connectivity index (χ1) is 11.1. The van der Waals surface area contributed by atoms with Crippen LogP contribution in [0.4, 0.5) is 0 Å². The molecule has 7 heteroatoms. The summed E-state index contributed by atoms with van der Waals surface area (Å²) in [6.45, 7) is 5.54. The second kappa shape index (κ2) is 7.06. The highest BCUT2D eigenvalue weighted by atomic mass is 32.1. The number of Topliss-reactive ketones (excluding diaryl/α,β-unsaturated/α-hetero) is 1. The summed E-state index contributed by atoms with van der Waals surface area (Å²) in [5, 5.41) is 0. The maximum absolute atomic E-state index is 12.6. The van der Waals surface area contributed by atoms with E-state index in [1.165, 1.54) is 18.3 Å². The van der Waals surface area contributed by atoms with Crippen molar-refractivity contribution in [3.8, 4) is 0 Å². The van der Waals surface area contributed by atoms with Crippen molar-refractivity contribution in [2.75, 3.05) is 26.2 Å². The molecule has 6 nitrogen and oxygen atoms in total. The number of aromatic nitrogens is 2. The van der Waals surface area contributed by atoms with E-state index in [0.717, 1.165) is 38.4 Å². The summed E-state index contributed by atoms with van der Waals surface area (Å²) in [5.74, 6) is 0.992. The molecule has 1 fully saturated rings. The maximum atomic E-state index is 12.6. The Morgan fingerprint density at radius 2 is 2.04 bits per heavy atom. The topological polar surface area (TPSA) is 69.3 Å². The molecule has 1 amide bonds. The van der Waals surface area contributed by atoms with E-state index in [2.05, 4.69) is 14.9 Å². The minimum Gasteiger partial charge on any atom is -0.348 e. The number of imidazole rings is 1. The lowest BCUT2D eigenvalue weighted by molar-refractivity contribution is 0.0765. The molecule has 0 aromatic carbocycles. The zero-order valence-corrected chi connectivity index (χ0v) is 13.9. The zero-order valence-electron chi connectivity index (χ0n) is 13.1. The molecule has 1 N–H and O–H groups in total. The van der Waals surface area contributed by atoms with Crippen molar-refractivity contribution < 1.29 is 9.59 Å². The normalized spacial score (nSPS) is 16.3. The zero-order chi connectivity index (χ0) is 16.2. The van der Waals surface area contributed by atoms with E-state index in [-0.39, 0.29) is 11.7 Å². The van der Waals surface area contributed by atoms with Gasteiger partial charge in [-0.2, -0.15) is 0 Å². The fourth-order valence-electron chi connectivity index (χ4n) is 2.73. The summed E-state index contributed by atoms with van der Waals surface area (Å²) in [4.78, 5) is 36.8. The fourth-order valence-corrected chi connectivity index (χ4v) is 3.60. The van der Waals surface area contributed by atoms with E-state index in [4.69, 9.17) is 0 Å². The third-order valence-electron chi connectivity index (χ3n) is 3.97. The molecular weight excluding hydrogens is 312 g/mol. The van der Waals surface area contributed by atoms with Crippen LogP contribution in [-0.2, 0) is 6.54 Å². The number of thiophene rings is 1. The molecule has 0 radical (unpaired) electrons. The Hall–Kier alpha value is -1.99. The molecule has 0 saturated carbocycles. The van der Waals surface area contributed by atoms with Gasteiger partial charge in [0, 0.05) is 38.6 Å². The lowest BCUT2D eigenvalue weighted by Crippen LogP contribution is -2.34. The molecule has 2 aromatic heterocycles. The van der Waals surface area contributed by atoms with Crippen LogP contribution in [0.15, 0.2) is 24.5 Å². The van der Waals surface area contributed by atoms with Gasteiger partial charge in [-0.05, 0) is 25.5 Å². The Labute approximate surface area is 139 Å². The van der Waals surface area contributed by atoms with Gasteiger partial charge in [0.2, 0.25) is 0 Å². The highest BCUT2D eigenvalue weighted by Crippen LogP contribution is 2.20. The predicted octanol–water partition coefficient (Wildman–Crippen LogP) is 2.02. The average Bonchev–Trinajstić information content (AvgIpc) is 3.16. The molecule has 122 valence electrons. The van der Waals surface area contributed by atoms with Crippen molar-refractivity contribution in [2.45, 2.75) is 19.9 Å². The van der Waals surface area contributed by atoms with Gasteiger partial charge in [-0.1, -0.05) is 0 Å². The van der Waals surface area contributed by atoms with Gasteiger partial charge < -0.3 is 9.88 Å². The number of amides is 1. The molecule has 0 unspecified atom stereocenters. The summed E-state index contributed by atoms with van der Waals surface area (Å²) >= 11 is 1.28. The second-order valence-electron chi connectivity index (χ2n) is 5.68. The summed E-state index contributed by atoms with van der Waals surface area (Å²) in [6, 6.07) is 3.50. The monoisotopic (exact) mass is 332 g/mol. The van der Waals surface area contributed by atoms with E-state index in [9.17, 15) is 9.59 Å². The van der Waals surface area contributed by atoms with Crippen LogP contribution in [0.3, 0.4) is 0 Å². The maximum Gasteiger partial charge on any atom is 0.263 e. The fraction of sp³-hybridized carbons (Fsp3) is 0.438. The highest BCUT2D eigenvalue weighted by molar-refractivity contribution is 7.15. The molecule has 0 aliphatic carbocycles. The Bertz CT molecular complexity index is 680. The molecule has 3 rings (SSSR count). The van der Waals surface area contributed by atoms with Crippen molar-refractivity contribution in [1.82, 2.24) is 19.8 Å². The smallest absolute Gasteiger partial charge is 0.263 e. The molecule has 2 aromatic rings. The Morgan fingerprint density at radius 3 is 2.74 bits per heavy atom. The average molecular weight is 332 g/mol. The van der Waals surface area contributed by atoms with Crippen LogP contribution in [0.2, 0.25) is 0 Å². The molecule has 23 heavy (non-hydrogen) atoms. The van der Waals surface area contributed by atoms with Crippen molar-refractivity contribution in [1.29, 1.82) is 0 Å². The van der Waals surface area contributed by atoms with Gasteiger partial charge in [0.25, 0.3) is 5.91 Å². The molecule has 1 saturated heterocycles. The first-order valence-corrected chi connectivity index (χ1v) is 8.56. The summed E-state index contributed by atoms with van der Waals surface area (Å²) in [5.41, 5.74) is 0. The Kier molecular flexibility index (Phi) is 4.88. The number of ketones is 1. The lowest BCUT2D eigenvalue weighted by atomic mass is 10.3. The van der Waals surface area contributed by atoms with Crippen LogP contribution in [0, 0.1) is 0 Å². The van der Waals surface area contributed by atoms with Gasteiger partial charge in [-0.15, -0.1) is 11.3 Å². The lowest BCUT2D eigenvalue weighted by Gasteiger charge is -2.21. The van der Waals surface area contributed by atoms with Gasteiger partial charge in [-0.25, -0.2) is 4.98 Å². The summed E-state index contributed by atoms with van der Waals surface area (Å²) in [6.07, 6.45) is 4.52.